The van der Waals surface area contributed by atoms with Crippen molar-refractivity contribution in [3.8, 4) is 5.75 Å². The molecule has 10 nitrogen and oxygen atoms in total. The number of fused-ring (bicyclic) bond motifs is 3. The number of ketones is 2. The monoisotopic (exact) mass is 468 g/mol. The van der Waals surface area contributed by atoms with Crippen LogP contribution in [0.3, 0.4) is 0 Å². The standard InChI is InChI=1S/C24H24N2O8/c1-9-10-5-4-6-12(28)14(10)19(29)15-13(9)11(7-8-27)17-18(26(2)3)20(30)16(23(25)33)22(32)24(17,34)21(15)31/h4-6,8,11,13,17-18,28-29,32,34H,1,7H2,2-3H3,(H2,25,33). The number of amides is 1. The molecule has 5 unspecified atom stereocenters. The van der Waals surface area contributed by atoms with E-state index in [9.17, 15) is 39.6 Å². The van der Waals surface area contributed by atoms with Gasteiger partial charge in [0.1, 0.15) is 29.1 Å². The molecule has 178 valence electrons. The molecule has 0 spiro atoms. The first-order valence-corrected chi connectivity index (χ1v) is 10.5. The molecule has 34 heavy (non-hydrogen) atoms. The fourth-order valence-corrected chi connectivity index (χ4v) is 5.81. The number of carbonyl (C=O) groups is 4. The predicted molar refractivity (Wildman–Crippen MR) is 119 cm³/mol. The van der Waals surface area contributed by atoms with E-state index in [2.05, 4.69) is 6.58 Å². The van der Waals surface area contributed by atoms with Crippen LogP contribution in [0, 0.1) is 17.8 Å². The van der Waals surface area contributed by atoms with Crippen LogP contribution in [0.5, 0.6) is 5.75 Å². The number of rotatable bonds is 4. The molecule has 1 fully saturated rings. The van der Waals surface area contributed by atoms with Crippen LogP contribution in [0.15, 0.2) is 41.7 Å². The van der Waals surface area contributed by atoms with E-state index < -0.39 is 64.0 Å². The second-order valence-electron chi connectivity index (χ2n) is 9.01. The highest BCUT2D eigenvalue weighted by molar-refractivity contribution is 6.25. The fraction of sp³-hybridized carbons (Fsp3) is 0.333. The van der Waals surface area contributed by atoms with Gasteiger partial charge in [-0.3, -0.25) is 19.3 Å². The number of likely N-dealkylation sites (N-methyl/N-ethyl adjacent to an activating group) is 1. The number of benzene rings is 1. The molecule has 0 bridgehead atoms. The van der Waals surface area contributed by atoms with Crippen molar-refractivity contribution < 1.29 is 39.6 Å². The number of hydrogen-bond donors (Lipinski definition) is 5. The number of phenols is 1. The van der Waals surface area contributed by atoms with Crippen molar-refractivity contribution >= 4 is 35.1 Å². The third kappa shape index (κ3) is 2.75. The number of aromatic hydroxyl groups is 1. The molecular formula is C24H24N2O8. The Morgan fingerprint density at radius 3 is 2.44 bits per heavy atom. The molecule has 0 aromatic heterocycles. The van der Waals surface area contributed by atoms with E-state index in [4.69, 9.17) is 5.73 Å². The summed E-state index contributed by atoms with van der Waals surface area (Å²) in [5, 5.41) is 44.1. The summed E-state index contributed by atoms with van der Waals surface area (Å²) in [5.41, 5.74) is 1.69. The van der Waals surface area contributed by atoms with Gasteiger partial charge in [0.25, 0.3) is 5.91 Å². The van der Waals surface area contributed by atoms with E-state index in [0.29, 0.717) is 11.8 Å². The van der Waals surface area contributed by atoms with Crippen molar-refractivity contribution in [2.24, 2.45) is 23.5 Å². The number of hydrogen-bond acceptors (Lipinski definition) is 9. The molecule has 5 atom stereocenters. The number of nitrogens with two attached hydrogens (primary N) is 1. The highest BCUT2D eigenvalue weighted by atomic mass is 16.3. The van der Waals surface area contributed by atoms with Crippen LogP contribution in [-0.4, -0.2) is 74.8 Å². The van der Waals surface area contributed by atoms with Gasteiger partial charge in [-0.25, -0.2) is 0 Å². The maximum absolute atomic E-state index is 13.8. The van der Waals surface area contributed by atoms with Crippen LogP contribution in [0.25, 0.3) is 11.3 Å². The van der Waals surface area contributed by atoms with E-state index in [0.717, 1.165) is 0 Å². The lowest BCUT2D eigenvalue weighted by atomic mass is 9.51. The zero-order chi connectivity index (χ0) is 25.3. The Bertz CT molecular complexity index is 1240. The number of allylic oxidation sites excluding steroid dienone is 1. The highest BCUT2D eigenvalue weighted by Gasteiger charge is 2.67. The van der Waals surface area contributed by atoms with Gasteiger partial charge in [0.15, 0.2) is 11.4 Å². The van der Waals surface area contributed by atoms with Crippen molar-refractivity contribution in [3.05, 3.63) is 52.8 Å². The average molecular weight is 468 g/mol. The van der Waals surface area contributed by atoms with Crippen molar-refractivity contribution in [2.75, 3.05) is 14.1 Å². The Kier molecular flexibility index (Phi) is 5.26. The lowest BCUT2D eigenvalue weighted by Gasteiger charge is -2.54. The Balaban J connectivity index is 2.12. The Hall–Kier alpha value is -3.76. The molecule has 0 heterocycles. The Morgan fingerprint density at radius 1 is 1.24 bits per heavy atom. The number of aliphatic hydroxyl groups excluding tert-OH is 2. The fourth-order valence-electron chi connectivity index (χ4n) is 5.81. The summed E-state index contributed by atoms with van der Waals surface area (Å²) in [5.74, 6) is -9.02. The van der Waals surface area contributed by atoms with E-state index in [-0.39, 0.29) is 28.9 Å². The molecule has 1 saturated carbocycles. The maximum Gasteiger partial charge on any atom is 0.255 e. The number of nitrogens with zero attached hydrogens (tertiary/aromatic N) is 1. The molecule has 1 aromatic rings. The third-order valence-electron chi connectivity index (χ3n) is 7.15. The second kappa shape index (κ2) is 7.64. The summed E-state index contributed by atoms with van der Waals surface area (Å²) < 4.78 is 0. The van der Waals surface area contributed by atoms with Gasteiger partial charge >= 0.3 is 0 Å². The van der Waals surface area contributed by atoms with Crippen molar-refractivity contribution in [1.29, 1.82) is 0 Å². The minimum atomic E-state index is -2.84. The first-order valence-electron chi connectivity index (χ1n) is 10.5. The number of primary amides is 1. The van der Waals surface area contributed by atoms with Crippen LogP contribution < -0.4 is 5.73 Å². The van der Waals surface area contributed by atoms with Gasteiger partial charge in [-0.1, -0.05) is 18.7 Å². The largest absolute Gasteiger partial charge is 0.508 e. The lowest BCUT2D eigenvalue weighted by molar-refractivity contribution is -0.159. The lowest BCUT2D eigenvalue weighted by Crippen LogP contribution is -2.68. The van der Waals surface area contributed by atoms with Gasteiger partial charge in [-0.15, -0.1) is 0 Å². The molecule has 0 aliphatic heterocycles. The van der Waals surface area contributed by atoms with Gasteiger partial charge < -0.3 is 31.0 Å². The zero-order valence-electron chi connectivity index (χ0n) is 18.5. The summed E-state index contributed by atoms with van der Waals surface area (Å²) in [6.45, 7) is 4.04. The second-order valence-corrected chi connectivity index (χ2v) is 9.01. The number of Topliss-reactive ketones (excluding diaryl/α,β-unsaturated/α-hetero) is 2. The molecule has 3 aliphatic carbocycles. The molecular weight excluding hydrogens is 444 g/mol. The third-order valence-corrected chi connectivity index (χ3v) is 7.15. The molecule has 1 aromatic carbocycles. The first-order chi connectivity index (χ1) is 15.9. The normalized spacial score (nSPS) is 30.8. The summed E-state index contributed by atoms with van der Waals surface area (Å²) in [4.78, 5) is 52.3. The summed E-state index contributed by atoms with van der Waals surface area (Å²) in [6, 6.07) is 3.08. The van der Waals surface area contributed by atoms with Crippen molar-refractivity contribution in [2.45, 2.75) is 18.1 Å². The topological polar surface area (TPSA) is 178 Å². The van der Waals surface area contributed by atoms with Gasteiger partial charge in [-0.05, 0) is 37.2 Å². The quantitative estimate of drug-likeness (QED) is 0.306. The Labute approximate surface area is 194 Å². The van der Waals surface area contributed by atoms with Crippen LogP contribution in [0.4, 0.5) is 0 Å². The smallest absolute Gasteiger partial charge is 0.255 e. The minimum absolute atomic E-state index is 0.0892. The van der Waals surface area contributed by atoms with E-state index >= 15 is 0 Å². The average Bonchev–Trinajstić information content (AvgIpc) is 2.75. The predicted octanol–water partition coefficient (Wildman–Crippen LogP) is 0.250. The highest BCUT2D eigenvalue weighted by Crippen LogP contribution is 2.58. The van der Waals surface area contributed by atoms with E-state index in [1.807, 2.05) is 0 Å². The zero-order valence-corrected chi connectivity index (χ0v) is 18.5. The number of carbonyl (C=O) groups excluding carboxylic acids is 4. The van der Waals surface area contributed by atoms with Gasteiger partial charge in [0.2, 0.25) is 5.78 Å². The van der Waals surface area contributed by atoms with E-state index in [1.165, 1.54) is 31.1 Å². The summed E-state index contributed by atoms with van der Waals surface area (Å²) in [6.07, 6.45) is 0.272. The number of aliphatic hydroxyl groups is 3. The van der Waals surface area contributed by atoms with Crippen LogP contribution in [0.1, 0.15) is 17.5 Å². The molecule has 0 radical (unpaired) electrons. The summed E-state index contributed by atoms with van der Waals surface area (Å²) in [7, 11) is 2.97. The van der Waals surface area contributed by atoms with Gasteiger partial charge in [0.05, 0.1) is 11.6 Å². The molecule has 10 heteroatoms. The van der Waals surface area contributed by atoms with E-state index in [1.54, 1.807) is 6.07 Å². The first kappa shape index (κ1) is 23.4. The number of aldehydes is 1. The molecule has 1 amide bonds. The van der Waals surface area contributed by atoms with Gasteiger partial charge in [0, 0.05) is 23.8 Å². The van der Waals surface area contributed by atoms with Crippen LogP contribution in [-0.2, 0) is 19.2 Å². The molecule has 4 rings (SSSR count). The minimum Gasteiger partial charge on any atom is -0.508 e. The Morgan fingerprint density at radius 2 is 1.88 bits per heavy atom. The SMILES string of the molecule is C=C1c2cccc(O)c2C(O)=C2C(=O)C3(O)C(O)=C(C(N)=O)C(=O)C(N(C)C)C3C(CC=O)C12. The number of phenolic OH excluding ortho intramolecular Hbond substituents is 1. The van der Waals surface area contributed by atoms with Crippen LogP contribution >= 0.6 is 0 Å². The molecule has 0 saturated heterocycles. The summed E-state index contributed by atoms with van der Waals surface area (Å²) >= 11 is 0. The molecule has 6 N–H and O–H groups in total. The van der Waals surface area contributed by atoms with Crippen molar-refractivity contribution in [1.82, 2.24) is 4.90 Å². The van der Waals surface area contributed by atoms with Gasteiger partial charge in [-0.2, -0.15) is 0 Å². The molecule has 3 aliphatic rings. The maximum atomic E-state index is 13.8. The van der Waals surface area contributed by atoms with Crippen LogP contribution in [0.2, 0.25) is 0 Å². The van der Waals surface area contributed by atoms with Crippen molar-refractivity contribution in [3.63, 3.8) is 0 Å².